The molecule has 1 fully saturated rings. The fraction of sp³-hybridized carbons (Fsp3) is 0.385. The molecule has 0 aliphatic carbocycles. The van der Waals surface area contributed by atoms with Gasteiger partial charge in [-0.2, -0.15) is 5.26 Å². The summed E-state index contributed by atoms with van der Waals surface area (Å²) in [5, 5.41) is 8.59. The minimum Gasteiger partial charge on any atom is -0.310 e. The number of hydrogen-bond donors (Lipinski definition) is 0. The molecule has 17 heavy (non-hydrogen) atoms. The molecule has 0 spiro atoms. The number of nitriles is 1. The van der Waals surface area contributed by atoms with Gasteiger partial charge in [0, 0.05) is 18.8 Å². The van der Waals surface area contributed by atoms with Gasteiger partial charge in [0.1, 0.15) is 0 Å². The second-order valence-corrected chi connectivity index (χ2v) is 4.28. The fourth-order valence-corrected chi connectivity index (χ4v) is 1.95. The topological polar surface area (TPSA) is 47.3 Å². The van der Waals surface area contributed by atoms with Crippen molar-refractivity contribution in [1.82, 2.24) is 4.90 Å². The lowest BCUT2D eigenvalue weighted by atomic mass is 10.1. The van der Waals surface area contributed by atoms with Gasteiger partial charge in [-0.25, -0.2) is 0 Å². The molecular weight excluding hydrogens is 214 g/mol. The Morgan fingerprint density at radius 1 is 1.29 bits per heavy atom. The summed E-state index contributed by atoms with van der Waals surface area (Å²) in [7, 11) is 1.95. The lowest BCUT2D eigenvalue weighted by Crippen LogP contribution is -2.48. The number of amides is 1. The standard InChI is InChI=1S/C13H15N3O/c1-15-8-9-16(13(17)10-15)12-4-2-11(3-5-12)6-7-14/h2-5H,6,8-10H2,1H3. The summed E-state index contributed by atoms with van der Waals surface area (Å²) in [6, 6.07) is 9.75. The number of carbonyl (C=O) groups excluding carboxylic acids is 1. The van der Waals surface area contributed by atoms with Crippen LogP contribution in [0.2, 0.25) is 0 Å². The van der Waals surface area contributed by atoms with Gasteiger partial charge in [0.05, 0.1) is 19.0 Å². The van der Waals surface area contributed by atoms with E-state index in [0.717, 1.165) is 24.3 Å². The van der Waals surface area contributed by atoms with E-state index in [4.69, 9.17) is 5.26 Å². The van der Waals surface area contributed by atoms with Gasteiger partial charge < -0.3 is 4.90 Å². The average Bonchev–Trinajstić information content (AvgIpc) is 2.31. The Labute approximate surface area is 101 Å². The molecule has 88 valence electrons. The van der Waals surface area contributed by atoms with Gasteiger partial charge in [-0.1, -0.05) is 12.1 Å². The largest absolute Gasteiger partial charge is 0.310 e. The van der Waals surface area contributed by atoms with E-state index in [-0.39, 0.29) is 5.91 Å². The zero-order chi connectivity index (χ0) is 12.3. The highest BCUT2D eigenvalue weighted by atomic mass is 16.2. The van der Waals surface area contributed by atoms with Crippen LogP contribution >= 0.6 is 0 Å². The van der Waals surface area contributed by atoms with Crippen LogP contribution in [-0.2, 0) is 11.2 Å². The Kier molecular flexibility index (Phi) is 3.40. The van der Waals surface area contributed by atoms with Crippen LogP contribution in [0.5, 0.6) is 0 Å². The van der Waals surface area contributed by atoms with E-state index in [2.05, 4.69) is 6.07 Å². The molecule has 0 saturated carbocycles. The van der Waals surface area contributed by atoms with Crippen molar-refractivity contribution in [3.63, 3.8) is 0 Å². The van der Waals surface area contributed by atoms with Crippen LogP contribution in [0.3, 0.4) is 0 Å². The summed E-state index contributed by atoms with van der Waals surface area (Å²) < 4.78 is 0. The smallest absolute Gasteiger partial charge is 0.241 e. The molecule has 4 heteroatoms. The Balaban J connectivity index is 2.12. The van der Waals surface area contributed by atoms with Crippen molar-refractivity contribution in [2.45, 2.75) is 6.42 Å². The first kappa shape index (κ1) is 11.6. The molecule has 0 radical (unpaired) electrons. The lowest BCUT2D eigenvalue weighted by molar-refractivity contribution is -0.120. The zero-order valence-corrected chi connectivity index (χ0v) is 9.89. The SMILES string of the molecule is CN1CCN(c2ccc(CC#N)cc2)C(=O)C1. The molecule has 1 aromatic rings. The molecule has 0 bridgehead atoms. The quantitative estimate of drug-likeness (QED) is 0.761. The third kappa shape index (κ3) is 2.63. The minimum atomic E-state index is 0.131. The molecule has 0 atom stereocenters. The Hall–Kier alpha value is -1.86. The number of carbonyl (C=O) groups is 1. The molecule has 1 saturated heterocycles. The minimum absolute atomic E-state index is 0.131. The predicted octanol–water partition coefficient (Wildman–Crippen LogP) is 1.03. The molecule has 2 rings (SSSR count). The molecule has 1 aliphatic heterocycles. The van der Waals surface area contributed by atoms with Crippen molar-refractivity contribution in [3.05, 3.63) is 29.8 Å². The second-order valence-electron chi connectivity index (χ2n) is 4.28. The van der Waals surface area contributed by atoms with E-state index in [1.54, 1.807) is 4.90 Å². The number of benzene rings is 1. The van der Waals surface area contributed by atoms with Gasteiger partial charge in [-0.3, -0.25) is 9.69 Å². The molecule has 1 aliphatic rings. The molecule has 4 nitrogen and oxygen atoms in total. The van der Waals surface area contributed by atoms with Crippen LogP contribution in [0, 0.1) is 11.3 Å². The maximum absolute atomic E-state index is 11.8. The third-order valence-electron chi connectivity index (χ3n) is 2.94. The second kappa shape index (κ2) is 4.98. The Bertz CT molecular complexity index is 447. The first-order valence-corrected chi connectivity index (χ1v) is 5.65. The van der Waals surface area contributed by atoms with Crippen molar-refractivity contribution in [3.8, 4) is 6.07 Å². The summed E-state index contributed by atoms with van der Waals surface area (Å²) in [6.45, 7) is 2.10. The van der Waals surface area contributed by atoms with Crippen LogP contribution in [0.15, 0.2) is 24.3 Å². The fourth-order valence-electron chi connectivity index (χ4n) is 1.95. The molecule has 0 aromatic heterocycles. The van der Waals surface area contributed by atoms with E-state index >= 15 is 0 Å². The maximum atomic E-state index is 11.8. The number of nitrogens with zero attached hydrogens (tertiary/aromatic N) is 3. The number of hydrogen-bond acceptors (Lipinski definition) is 3. The monoisotopic (exact) mass is 229 g/mol. The molecule has 0 N–H and O–H groups in total. The summed E-state index contributed by atoms with van der Waals surface area (Å²) in [5.41, 5.74) is 1.91. The van der Waals surface area contributed by atoms with Crippen LogP contribution in [0.25, 0.3) is 0 Å². The third-order valence-corrected chi connectivity index (χ3v) is 2.94. The predicted molar refractivity (Wildman–Crippen MR) is 65.6 cm³/mol. The number of anilines is 1. The van der Waals surface area contributed by atoms with Crippen molar-refractivity contribution >= 4 is 11.6 Å². The zero-order valence-electron chi connectivity index (χ0n) is 9.89. The summed E-state index contributed by atoms with van der Waals surface area (Å²) in [6.07, 6.45) is 0.414. The Morgan fingerprint density at radius 2 is 2.00 bits per heavy atom. The van der Waals surface area contributed by atoms with Gasteiger partial charge in [0.25, 0.3) is 0 Å². The van der Waals surface area contributed by atoms with Crippen molar-refractivity contribution in [2.75, 3.05) is 31.6 Å². The van der Waals surface area contributed by atoms with Crippen LogP contribution in [-0.4, -0.2) is 37.5 Å². The Morgan fingerprint density at radius 3 is 2.59 bits per heavy atom. The molecule has 1 heterocycles. The van der Waals surface area contributed by atoms with Crippen LogP contribution in [0.4, 0.5) is 5.69 Å². The van der Waals surface area contributed by atoms with Crippen molar-refractivity contribution in [2.24, 2.45) is 0 Å². The van der Waals surface area contributed by atoms with Gasteiger partial charge in [-0.05, 0) is 24.7 Å². The number of piperazine rings is 1. The van der Waals surface area contributed by atoms with Crippen LogP contribution < -0.4 is 4.90 Å². The number of likely N-dealkylation sites (N-methyl/N-ethyl adjacent to an activating group) is 1. The average molecular weight is 229 g/mol. The summed E-state index contributed by atoms with van der Waals surface area (Å²) in [4.78, 5) is 15.7. The highest BCUT2D eigenvalue weighted by molar-refractivity contribution is 5.95. The van der Waals surface area contributed by atoms with E-state index in [0.29, 0.717) is 13.0 Å². The molecular formula is C13H15N3O. The molecule has 1 aromatic carbocycles. The highest BCUT2D eigenvalue weighted by Crippen LogP contribution is 2.17. The van der Waals surface area contributed by atoms with E-state index < -0.39 is 0 Å². The van der Waals surface area contributed by atoms with E-state index in [1.807, 2.05) is 36.2 Å². The van der Waals surface area contributed by atoms with Crippen molar-refractivity contribution < 1.29 is 4.79 Å². The van der Waals surface area contributed by atoms with Gasteiger partial charge in [-0.15, -0.1) is 0 Å². The summed E-state index contributed by atoms with van der Waals surface area (Å²) >= 11 is 0. The first-order valence-electron chi connectivity index (χ1n) is 5.65. The summed E-state index contributed by atoms with van der Waals surface area (Å²) in [5.74, 6) is 0.131. The van der Waals surface area contributed by atoms with E-state index in [1.165, 1.54) is 0 Å². The highest BCUT2D eigenvalue weighted by Gasteiger charge is 2.22. The van der Waals surface area contributed by atoms with Crippen molar-refractivity contribution in [1.29, 1.82) is 5.26 Å². The maximum Gasteiger partial charge on any atom is 0.241 e. The van der Waals surface area contributed by atoms with Crippen LogP contribution in [0.1, 0.15) is 5.56 Å². The van der Waals surface area contributed by atoms with Gasteiger partial charge in [0.2, 0.25) is 5.91 Å². The molecule has 0 unspecified atom stereocenters. The number of rotatable bonds is 2. The van der Waals surface area contributed by atoms with Gasteiger partial charge in [0.15, 0.2) is 0 Å². The van der Waals surface area contributed by atoms with Gasteiger partial charge >= 0.3 is 0 Å². The normalized spacial score (nSPS) is 16.9. The van der Waals surface area contributed by atoms with E-state index in [9.17, 15) is 4.79 Å². The molecule has 1 amide bonds. The first-order chi connectivity index (χ1) is 8.20. The lowest BCUT2D eigenvalue weighted by Gasteiger charge is -2.32.